The smallest absolute Gasteiger partial charge is 0.243 e. The molecule has 1 aromatic carbocycles. The van der Waals surface area contributed by atoms with Crippen LogP contribution in [-0.4, -0.2) is 57.3 Å². The van der Waals surface area contributed by atoms with Crippen molar-refractivity contribution in [3.05, 3.63) is 23.3 Å². The van der Waals surface area contributed by atoms with E-state index < -0.39 is 10.0 Å². The van der Waals surface area contributed by atoms with E-state index in [1.165, 1.54) is 4.31 Å². The van der Waals surface area contributed by atoms with Crippen LogP contribution in [0.1, 0.15) is 43.7 Å². The van der Waals surface area contributed by atoms with Crippen molar-refractivity contribution in [2.24, 2.45) is 5.92 Å². The lowest BCUT2D eigenvalue weighted by atomic mass is 9.96. The van der Waals surface area contributed by atoms with Gasteiger partial charge in [0.2, 0.25) is 15.9 Å². The second-order valence-corrected chi connectivity index (χ2v) is 9.29. The van der Waals surface area contributed by atoms with Gasteiger partial charge in [-0.1, -0.05) is 13.3 Å². The number of rotatable bonds is 7. The summed E-state index contributed by atoms with van der Waals surface area (Å²) in [6.45, 7) is 7.25. The number of sulfonamides is 1. The lowest BCUT2D eigenvalue weighted by molar-refractivity contribution is -0.135. The zero-order chi connectivity index (χ0) is 20.2. The maximum Gasteiger partial charge on any atom is 0.243 e. The fraction of sp³-hybridized carbons (Fsp3) is 0.650. The number of hydrogen-bond donors (Lipinski definition) is 0. The summed E-state index contributed by atoms with van der Waals surface area (Å²) < 4.78 is 33.0. The first-order valence-corrected chi connectivity index (χ1v) is 11.1. The van der Waals surface area contributed by atoms with Crippen molar-refractivity contribution in [2.75, 3.05) is 33.8 Å². The van der Waals surface area contributed by atoms with Crippen LogP contribution >= 0.6 is 0 Å². The molecule has 1 amide bonds. The fourth-order valence-electron chi connectivity index (χ4n) is 3.56. The van der Waals surface area contributed by atoms with Crippen LogP contribution in [0.25, 0.3) is 0 Å². The number of methoxy groups -OCH3 is 1. The standard InChI is InChI=1S/C20H32N2O4S/c1-6-7-10-21(4)20(23)17-8-11-22(12-9-17)27(24,25)19-14-15(2)18(26-5)13-16(19)3/h13-14,17H,6-12H2,1-5H3. The molecule has 0 unspecified atom stereocenters. The van der Waals surface area contributed by atoms with Crippen LogP contribution < -0.4 is 4.74 Å². The van der Waals surface area contributed by atoms with E-state index >= 15 is 0 Å². The van der Waals surface area contributed by atoms with Gasteiger partial charge in [-0.15, -0.1) is 0 Å². The Balaban J connectivity index is 2.09. The van der Waals surface area contributed by atoms with Gasteiger partial charge in [0.15, 0.2) is 0 Å². The molecule has 0 aromatic heterocycles. The van der Waals surface area contributed by atoms with Crippen LogP contribution in [-0.2, 0) is 14.8 Å². The fourth-order valence-corrected chi connectivity index (χ4v) is 5.32. The number of benzene rings is 1. The number of piperidine rings is 1. The number of amides is 1. The van der Waals surface area contributed by atoms with E-state index in [1.54, 1.807) is 31.1 Å². The molecule has 0 radical (unpaired) electrons. The SMILES string of the molecule is CCCCN(C)C(=O)C1CCN(S(=O)(=O)c2cc(C)c(OC)cc2C)CC1. The lowest BCUT2D eigenvalue weighted by Gasteiger charge is -2.33. The average Bonchev–Trinajstić information content (AvgIpc) is 2.66. The van der Waals surface area contributed by atoms with E-state index in [9.17, 15) is 13.2 Å². The van der Waals surface area contributed by atoms with Gasteiger partial charge in [-0.25, -0.2) is 8.42 Å². The summed E-state index contributed by atoms with van der Waals surface area (Å²) in [6, 6.07) is 3.44. The monoisotopic (exact) mass is 396 g/mol. The summed E-state index contributed by atoms with van der Waals surface area (Å²) in [5, 5.41) is 0. The molecule has 1 heterocycles. The van der Waals surface area contributed by atoms with Crippen LogP contribution in [0.4, 0.5) is 0 Å². The van der Waals surface area contributed by atoms with Crippen LogP contribution in [0, 0.1) is 19.8 Å². The zero-order valence-electron chi connectivity index (χ0n) is 17.1. The summed E-state index contributed by atoms with van der Waals surface area (Å²) in [4.78, 5) is 14.7. The molecule has 152 valence electrons. The molecule has 0 aliphatic carbocycles. The third-order valence-corrected chi connectivity index (χ3v) is 7.38. The molecule has 1 fully saturated rings. The maximum absolute atomic E-state index is 13.1. The lowest BCUT2D eigenvalue weighted by Crippen LogP contribution is -2.43. The summed E-state index contributed by atoms with van der Waals surface area (Å²) in [5.41, 5.74) is 1.47. The van der Waals surface area contributed by atoms with Gasteiger partial charge in [0.05, 0.1) is 12.0 Å². The van der Waals surface area contributed by atoms with Gasteiger partial charge >= 0.3 is 0 Å². The van der Waals surface area contributed by atoms with E-state index in [1.807, 2.05) is 14.0 Å². The quantitative estimate of drug-likeness (QED) is 0.711. The van der Waals surface area contributed by atoms with E-state index in [4.69, 9.17) is 4.74 Å². The minimum Gasteiger partial charge on any atom is -0.496 e. The Bertz CT molecular complexity index is 768. The number of hydrogen-bond acceptors (Lipinski definition) is 4. The minimum atomic E-state index is -3.57. The molecular formula is C20H32N2O4S. The number of carbonyl (C=O) groups excluding carboxylic acids is 1. The molecule has 1 aliphatic rings. The highest BCUT2D eigenvalue weighted by molar-refractivity contribution is 7.89. The molecule has 1 aliphatic heterocycles. The van der Waals surface area contributed by atoms with Crippen molar-refractivity contribution in [1.82, 2.24) is 9.21 Å². The topological polar surface area (TPSA) is 66.9 Å². The number of carbonyl (C=O) groups is 1. The molecule has 0 saturated carbocycles. The second kappa shape index (κ2) is 9.06. The van der Waals surface area contributed by atoms with Crippen LogP contribution in [0.2, 0.25) is 0 Å². The summed E-state index contributed by atoms with van der Waals surface area (Å²) in [5.74, 6) is 0.736. The molecule has 7 heteroatoms. The van der Waals surface area contributed by atoms with Crippen LogP contribution in [0.5, 0.6) is 5.75 Å². The molecule has 0 spiro atoms. The number of ether oxygens (including phenoxy) is 1. The minimum absolute atomic E-state index is 0.0861. The molecule has 1 saturated heterocycles. The summed E-state index contributed by atoms with van der Waals surface area (Å²) in [6.07, 6.45) is 3.19. The Morgan fingerprint density at radius 2 is 1.85 bits per heavy atom. The molecule has 2 rings (SSSR count). The van der Waals surface area contributed by atoms with E-state index in [2.05, 4.69) is 6.92 Å². The van der Waals surface area contributed by atoms with Crippen molar-refractivity contribution >= 4 is 15.9 Å². The highest BCUT2D eigenvalue weighted by atomic mass is 32.2. The molecule has 0 bridgehead atoms. The predicted molar refractivity (Wildman–Crippen MR) is 106 cm³/mol. The van der Waals surface area contributed by atoms with Gasteiger partial charge in [-0.2, -0.15) is 4.31 Å². The largest absolute Gasteiger partial charge is 0.496 e. The molecule has 1 aromatic rings. The van der Waals surface area contributed by atoms with Gasteiger partial charge in [-0.05, 0) is 56.4 Å². The number of nitrogens with zero attached hydrogens (tertiary/aromatic N) is 2. The van der Waals surface area contributed by atoms with Crippen molar-refractivity contribution in [3.63, 3.8) is 0 Å². The van der Waals surface area contributed by atoms with Gasteiger partial charge in [-0.3, -0.25) is 4.79 Å². The molecule has 6 nitrogen and oxygen atoms in total. The van der Waals surface area contributed by atoms with E-state index in [0.717, 1.165) is 24.9 Å². The Hall–Kier alpha value is -1.60. The van der Waals surface area contributed by atoms with Crippen molar-refractivity contribution in [1.29, 1.82) is 0 Å². The first-order valence-electron chi connectivity index (χ1n) is 9.62. The Morgan fingerprint density at radius 1 is 1.22 bits per heavy atom. The number of unbranched alkanes of at least 4 members (excludes halogenated alkanes) is 1. The van der Waals surface area contributed by atoms with Crippen molar-refractivity contribution in [2.45, 2.75) is 51.3 Å². The summed E-state index contributed by atoms with van der Waals surface area (Å²) in [7, 11) is -0.154. The second-order valence-electron chi connectivity index (χ2n) is 7.38. The Labute approximate surface area is 163 Å². The highest BCUT2D eigenvalue weighted by Crippen LogP contribution is 2.30. The van der Waals surface area contributed by atoms with Crippen molar-refractivity contribution in [3.8, 4) is 5.75 Å². The van der Waals surface area contributed by atoms with Gasteiger partial charge in [0, 0.05) is 32.6 Å². The zero-order valence-corrected chi connectivity index (χ0v) is 17.9. The Morgan fingerprint density at radius 3 is 2.41 bits per heavy atom. The molecular weight excluding hydrogens is 364 g/mol. The molecule has 0 N–H and O–H groups in total. The van der Waals surface area contributed by atoms with Gasteiger partial charge in [0.1, 0.15) is 5.75 Å². The number of aryl methyl sites for hydroxylation is 2. The Kier molecular flexibility index (Phi) is 7.28. The van der Waals surface area contributed by atoms with Gasteiger partial charge < -0.3 is 9.64 Å². The summed E-state index contributed by atoms with van der Waals surface area (Å²) >= 11 is 0. The van der Waals surface area contributed by atoms with Gasteiger partial charge in [0.25, 0.3) is 0 Å². The van der Waals surface area contributed by atoms with Crippen molar-refractivity contribution < 1.29 is 17.9 Å². The molecule has 0 atom stereocenters. The van der Waals surface area contributed by atoms with E-state index in [-0.39, 0.29) is 11.8 Å². The molecule has 27 heavy (non-hydrogen) atoms. The highest BCUT2D eigenvalue weighted by Gasteiger charge is 2.34. The maximum atomic E-state index is 13.1. The van der Waals surface area contributed by atoms with Crippen LogP contribution in [0.15, 0.2) is 17.0 Å². The third kappa shape index (κ3) is 4.82. The average molecular weight is 397 g/mol. The van der Waals surface area contributed by atoms with Crippen LogP contribution in [0.3, 0.4) is 0 Å². The normalized spacial score (nSPS) is 16.3. The van der Waals surface area contributed by atoms with E-state index in [0.29, 0.717) is 42.1 Å². The first-order chi connectivity index (χ1) is 12.7. The predicted octanol–water partition coefficient (Wildman–Crippen LogP) is 2.97. The first kappa shape index (κ1) is 21.7. The third-order valence-electron chi connectivity index (χ3n) is 5.34.